The summed E-state index contributed by atoms with van der Waals surface area (Å²) >= 11 is 0. The molecule has 0 heterocycles. The number of amides is 2. The van der Waals surface area contributed by atoms with Crippen LogP contribution in [-0.2, 0) is 4.89 Å². The van der Waals surface area contributed by atoms with Crippen molar-refractivity contribution in [2.24, 2.45) is 0 Å². The molecule has 0 aromatic heterocycles. The Morgan fingerprint density at radius 1 is 1.50 bits per heavy atom. The van der Waals surface area contributed by atoms with Gasteiger partial charge in [0.25, 0.3) is 0 Å². The van der Waals surface area contributed by atoms with E-state index in [9.17, 15) is 9.59 Å². The predicted molar refractivity (Wildman–Crippen MR) is 20.3 cm³/mol. The zero-order valence-electron chi connectivity index (χ0n) is 3.62. The van der Waals surface area contributed by atoms with Crippen LogP contribution in [-0.4, -0.2) is 22.6 Å². The molecular formula is C2H3NO5. The van der Waals surface area contributed by atoms with Crippen LogP contribution in [0.2, 0.25) is 0 Å². The van der Waals surface area contributed by atoms with E-state index in [1.54, 1.807) is 0 Å². The Balaban J connectivity index is 3.40. The van der Waals surface area contributed by atoms with Gasteiger partial charge in [0.05, 0.1) is 0 Å². The molecule has 0 saturated heterocycles. The maximum Gasteiger partial charge on any atom is 0.447 e. The van der Waals surface area contributed by atoms with Crippen molar-refractivity contribution in [1.29, 1.82) is 0 Å². The van der Waals surface area contributed by atoms with E-state index in [1.165, 1.54) is 5.32 Å². The lowest BCUT2D eigenvalue weighted by molar-refractivity contribution is -0.176. The molecule has 0 aliphatic heterocycles. The van der Waals surface area contributed by atoms with Crippen LogP contribution in [0.15, 0.2) is 0 Å². The Morgan fingerprint density at radius 2 is 2.00 bits per heavy atom. The summed E-state index contributed by atoms with van der Waals surface area (Å²) in [5, 5.41) is 16.3. The van der Waals surface area contributed by atoms with Gasteiger partial charge in [0.2, 0.25) is 0 Å². The first-order valence-electron chi connectivity index (χ1n) is 1.52. The van der Waals surface area contributed by atoms with Gasteiger partial charge in [-0.05, 0) is 0 Å². The van der Waals surface area contributed by atoms with E-state index >= 15 is 0 Å². The smallest absolute Gasteiger partial charge is 0.447 e. The van der Waals surface area contributed by atoms with Gasteiger partial charge >= 0.3 is 12.2 Å². The number of rotatable bonds is 0. The fraction of sp³-hybridized carbons (Fsp3) is 0. The summed E-state index contributed by atoms with van der Waals surface area (Å²) in [6, 6.07) is 0. The van der Waals surface area contributed by atoms with Gasteiger partial charge in [-0.25, -0.2) is 14.9 Å². The number of hydrogen-bond donors (Lipinski definition) is 3. The number of carbonyl (C=O) groups excluding carboxylic acids is 1. The maximum atomic E-state index is 9.66. The van der Waals surface area contributed by atoms with E-state index in [-0.39, 0.29) is 0 Å². The highest BCUT2D eigenvalue weighted by atomic mass is 17.1. The molecule has 6 heteroatoms. The summed E-state index contributed by atoms with van der Waals surface area (Å²) in [6.07, 6.45) is -3.00. The molecule has 0 atom stereocenters. The van der Waals surface area contributed by atoms with Gasteiger partial charge in [-0.15, -0.1) is 0 Å². The Morgan fingerprint density at radius 3 is 2.12 bits per heavy atom. The Hall–Kier alpha value is -1.30. The van der Waals surface area contributed by atoms with Gasteiger partial charge in [0, 0.05) is 0 Å². The average Bonchev–Trinajstić information content (AvgIpc) is 1.65. The van der Waals surface area contributed by atoms with E-state index in [4.69, 9.17) is 10.4 Å². The van der Waals surface area contributed by atoms with Gasteiger partial charge in [-0.2, -0.15) is 5.26 Å². The second kappa shape index (κ2) is 2.80. The third-order valence-corrected chi connectivity index (χ3v) is 0.292. The maximum absolute atomic E-state index is 9.66. The summed E-state index contributed by atoms with van der Waals surface area (Å²) in [4.78, 5) is 22.0. The summed E-state index contributed by atoms with van der Waals surface area (Å²) in [5.41, 5.74) is 0. The van der Waals surface area contributed by atoms with Gasteiger partial charge in [0.15, 0.2) is 0 Å². The van der Waals surface area contributed by atoms with Crippen molar-refractivity contribution < 1.29 is 24.8 Å². The predicted octanol–water partition coefficient (Wildman–Crippen LogP) is -0.136. The van der Waals surface area contributed by atoms with Gasteiger partial charge < -0.3 is 5.11 Å². The van der Waals surface area contributed by atoms with Crippen molar-refractivity contribution in [3.05, 3.63) is 0 Å². The first-order chi connectivity index (χ1) is 3.66. The molecule has 0 bridgehead atoms. The van der Waals surface area contributed by atoms with Crippen LogP contribution in [0.5, 0.6) is 0 Å². The number of carboxylic acid groups (broad SMARTS) is 1. The van der Waals surface area contributed by atoms with Crippen LogP contribution in [0.25, 0.3) is 0 Å². The topological polar surface area (TPSA) is 95.9 Å². The van der Waals surface area contributed by atoms with E-state index in [0.29, 0.717) is 0 Å². The largest absolute Gasteiger partial charge is 0.465 e. The van der Waals surface area contributed by atoms with Crippen molar-refractivity contribution in [1.82, 2.24) is 5.32 Å². The second-order valence-electron chi connectivity index (χ2n) is 0.809. The lowest BCUT2D eigenvalue weighted by Crippen LogP contribution is -2.28. The molecule has 6 nitrogen and oxygen atoms in total. The third-order valence-electron chi connectivity index (χ3n) is 0.292. The van der Waals surface area contributed by atoms with Gasteiger partial charge in [-0.1, -0.05) is 0 Å². The van der Waals surface area contributed by atoms with Gasteiger partial charge in [0.1, 0.15) is 0 Å². The Kier molecular flexibility index (Phi) is 2.35. The molecule has 2 amide bonds. The van der Waals surface area contributed by atoms with Crippen molar-refractivity contribution in [3.63, 3.8) is 0 Å². The van der Waals surface area contributed by atoms with Crippen molar-refractivity contribution in [2.45, 2.75) is 0 Å². The normalized spacial score (nSPS) is 7.62. The lowest BCUT2D eigenvalue weighted by atomic mass is 11.0. The minimum atomic E-state index is -1.58. The summed E-state index contributed by atoms with van der Waals surface area (Å²) in [7, 11) is 0. The molecule has 0 aliphatic carbocycles. The Labute approximate surface area is 43.6 Å². The molecule has 0 aliphatic rings. The Bertz CT molecular complexity index is 109. The SMILES string of the molecule is O=C(O)NC(=O)OO. The lowest BCUT2D eigenvalue weighted by Gasteiger charge is -1.90. The number of imide groups is 1. The van der Waals surface area contributed by atoms with Crippen LogP contribution in [0, 0.1) is 0 Å². The third kappa shape index (κ3) is 2.91. The van der Waals surface area contributed by atoms with Crippen LogP contribution >= 0.6 is 0 Å². The monoisotopic (exact) mass is 121 g/mol. The van der Waals surface area contributed by atoms with E-state index in [0.717, 1.165) is 0 Å². The van der Waals surface area contributed by atoms with Crippen LogP contribution < -0.4 is 5.32 Å². The minimum absolute atomic E-state index is 1.20. The molecule has 0 fully saturated rings. The van der Waals surface area contributed by atoms with Crippen LogP contribution in [0.4, 0.5) is 9.59 Å². The van der Waals surface area contributed by atoms with Crippen LogP contribution in [0.3, 0.4) is 0 Å². The molecule has 0 aromatic rings. The zero-order valence-corrected chi connectivity index (χ0v) is 3.62. The van der Waals surface area contributed by atoms with Gasteiger partial charge in [-0.3, -0.25) is 4.89 Å². The van der Waals surface area contributed by atoms with Crippen molar-refractivity contribution in [3.8, 4) is 0 Å². The molecule has 8 heavy (non-hydrogen) atoms. The van der Waals surface area contributed by atoms with Crippen molar-refractivity contribution >= 4 is 12.2 Å². The van der Waals surface area contributed by atoms with E-state index in [1.807, 2.05) is 0 Å². The highest BCUT2D eigenvalue weighted by Crippen LogP contribution is 1.68. The molecule has 0 saturated carbocycles. The molecule has 46 valence electrons. The van der Waals surface area contributed by atoms with Crippen molar-refractivity contribution in [2.75, 3.05) is 0 Å². The molecule has 0 aromatic carbocycles. The fourth-order valence-electron chi connectivity index (χ4n) is 0.110. The average molecular weight is 121 g/mol. The van der Waals surface area contributed by atoms with E-state index < -0.39 is 12.2 Å². The highest BCUT2D eigenvalue weighted by molar-refractivity contribution is 5.85. The molecule has 0 rings (SSSR count). The minimum Gasteiger partial charge on any atom is -0.465 e. The summed E-state index contributed by atoms with van der Waals surface area (Å²) < 4.78 is 0. The summed E-state index contributed by atoms with van der Waals surface area (Å²) in [5.74, 6) is 0. The first kappa shape index (κ1) is 6.70. The molecular weight excluding hydrogens is 118 g/mol. The first-order valence-corrected chi connectivity index (χ1v) is 1.52. The number of nitrogens with one attached hydrogen (secondary N) is 1. The molecule has 0 radical (unpaired) electrons. The number of carbonyl (C=O) groups is 2. The highest BCUT2D eigenvalue weighted by Gasteiger charge is 2.03. The fourth-order valence-corrected chi connectivity index (χ4v) is 0.110. The molecule has 3 N–H and O–H groups in total. The number of hydrogen-bond acceptors (Lipinski definition) is 4. The van der Waals surface area contributed by atoms with E-state index in [2.05, 4.69) is 4.89 Å². The molecule has 0 spiro atoms. The van der Waals surface area contributed by atoms with Crippen LogP contribution in [0.1, 0.15) is 0 Å². The second-order valence-corrected chi connectivity index (χ2v) is 0.809. The summed E-state index contributed by atoms with van der Waals surface area (Å²) in [6.45, 7) is 0. The molecule has 0 unspecified atom stereocenters. The zero-order chi connectivity index (χ0) is 6.57. The standard InChI is InChI=1S/C2H3NO5/c4-1(5)3-2(6)8-7/h7H,(H,3,6)(H,4,5). The quantitative estimate of drug-likeness (QED) is 0.306.